The SMILES string of the molecule is CCNC(c1ccccc1Cl)c1ccc(OC)cc1Br. The molecule has 0 aromatic heterocycles. The molecule has 106 valence electrons. The van der Waals surface area contributed by atoms with Crippen molar-refractivity contribution in [2.45, 2.75) is 13.0 Å². The minimum Gasteiger partial charge on any atom is -0.497 e. The fraction of sp³-hybridized carbons (Fsp3) is 0.250. The molecule has 0 aliphatic rings. The molecule has 0 aliphatic heterocycles. The summed E-state index contributed by atoms with van der Waals surface area (Å²) in [5.74, 6) is 0.829. The van der Waals surface area contributed by atoms with E-state index in [9.17, 15) is 0 Å². The summed E-state index contributed by atoms with van der Waals surface area (Å²) in [5.41, 5.74) is 2.21. The molecule has 2 rings (SSSR count). The van der Waals surface area contributed by atoms with Crippen molar-refractivity contribution in [3.63, 3.8) is 0 Å². The summed E-state index contributed by atoms with van der Waals surface area (Å²) in [5, 5.41) is 4.24. The van der Waals surface area contributed by atoms with Crippen LogP contribution < -0.4 is 10.1 Å². The Morgan fingerprint density at radius 2 is 1.95 bits per heavy atom. The molecule has 0 saturated carbocycles. The first-order chi connectivity index (χ1) is 9.67. The topological polar surface area (TPSA) is 21.3 Å². The Balaban J connectivity index is 2.46. The van der Waals surface area contributed by atoms with Crippen LogP contribution in [0, 0.1) is 0 Å². The van der Waals surface area contributed by atoms with E-state index < -0.39 is 0 Å². The van der Waals surface area contributed by atoms with E-state index in [0.29, 0.717) is 0 Å². The van der Waals surface area contributed by atoms with Gasteiger partial charge in [-0.15, -0.1) is 0 Å². The first-order valence-corrected chi connectivity index (χ1v) is 7.65. The lowest BCUT2D eigenvalue weighted by molar-refractivity contribution is 0.414. The van der Waals surface area contributed by atoms with Crippen molar-refractivity contribution >= 4 is 27.5 Å². The van der Waals surface area contributed by atoms with E-state index in [-0.39, 0.29) is 6.04 Å². The molecule has 1 atom stereocenters. The number of benzene rings is 2. The maximum Gasteiger partial charge on any atom is 0.120 e. The number of hydrogen-bond acceptors (Lipinski definition) is 2. The molecule has 0 fully saturated rings. The van der Waals surface area contributed by atoms with Gasteiger partial charge in [0.1, 0.15) is 5.75 Å². The number of nitrogens with one attached hydrogen (secondary N) is 1. The van der Waals surface area contributed by atoms with Gasteiger partial charge in [-0.2, -0.15) is 0 Å². The Hall–Kier alpha value is -1.03. The van der Waals surface area contributed by atoms with Crippen LogP contribution in [-0.2, 0) is 0 Å². The molecule has 2 aromatic carbocycles. The summed E-state index contributed by atoms with van der Waals surface area (Å²) in [6.45, 7) is 2.94. The van der Waals surface area contributed by atoms with Gasteiger partial charge in [-0.05, 0) is 35.9 Å². The van der Waals surface area contributed by atoms with Gasteiger partial charge >= 0.3 is 0 Å². The van der Waals surface area contributed by atoms with Crippen molar-refractivity contribution < 1.29 is 4.74 Å². The van der Waals surface area contributed by atoms with E-state index >= 15 is 0 Å². The van der Waals surface area contributed by atoms with Crippen molar-refractivity contribution in [1.82, 2.24) is 5.32 Å². The molecule has 4 heteroatoms. The number of hydrogen-bond donors (Lipinski definition) is 1. The second-order valence-corrected chi connectivity index (χ2v) is 5.66. The minimum atomic E-state index is 0.0500. The highest BCUT2D eigenvalue weighted by atomic mass is 79.9. The lowest BCUT2D eigenvalue weighted by Crippen LogP contribution is -2.22. The number of methoxy groups -OCH3 is 1. The zero-order chi connectivity index (χ0) is 14.5. The summed E-state index contributed by atoms with van der Waals surface area (Å²) in [4.78, 5) is 0. The van der Waals surface area contributed by atoms with Gasteiger partial charge in [0.05, 0.1) is 13.2 Å². The van der Waals surface area contributed by atoms with Gasteiger partial charge in [-0.1, -0.05) is 58.7 Å². The molecule has 1 N–H and O–H groups in total. The molecule has 0 aliphatic carbocycles. The average molecular weight is 355 g/mol. The number of rotatable bonds is 5. The number of ether oxygens (including phenoxy) is 1. The van der Waals surface area contributed by atoms with E-state index in [1.54, 1.807) is 7.11 Å². The molecule has 2 nitrogen and oxygen atoms in total. The van der Waals surface area contributed by atoms with Crippen LogP contribution in [-0.4, -0.2) is 13.7 Å². The van der Waals surface area contributed by atoms with Crippen LogP contribution in [0.15, 0.2) is 46.9 Å². The van der Waals surface area contributed by atoms with Gasteiger partial charge in [-0.25, -0.2) is 0 Å². The summed E-state index contributed by atoms with van der Waals surface area (Å²) in [6.07, 6.45) is 0. The summed E-state index contributed by atoms with van der Waals surface area (Å²) < 4.78 is 6.25. The normalized spacial score (nSPS) is 12.2. The highest BCUT2D eigenvalue weighted by molar-refractivity contribution is 9.10. The largest absolute Gasteiger partial charge is 0.497 e. The molecule has 0 amide bonds. The zero-order valence-electron chi connectivity index (χ0n) is 11.5. The fourth-order valence-corrected chi connectivity index (χ4v) is 3.00. The molecule has 2 aromatic rings. The lowest BCUT2D eigenvalue weighted by Gasteiger charge is -2.21. The standard InChI is InChI=1S/C16H17BrClNO/c1-3-19-16(13-6-4-5-7-15(13)18)12-9-8-11(20-2)10-14(12)17/h4-10,16,19H,3H2,1-2H3. The second kappa shape index (κ2) is 7.11. The second-order valence-electron chi connectivity index (χ2n) is 4.40. The van der Waals surface area contributed by atoms with Gasteiger partial charge < -0.3 is 10.1 Å². The first-order valence-electron chi connectivity index (χ1n) is 6.48. The quantitative estimate of drug-likeness (QED) is 0.832. The molecule has 1 unspecified atom stereocenters. The van der Waals surface area contributed by atoms with E-state index in [0.717, 1.165) is 32.9 Å². The average Bonchev–Trinajstić information content (AvgIpc) is 2.46. The van der Waals surface area contributed by atoms with Crippen LogP contribution in [0.5, 0.6) is 5.75 Å². The Morgan fingerprint density at radius 1 is 1.20 bits per heavy atom. The Bertz CT molecular complexity index is 588. The van der Waals surface area contributed by atoms with Crippen molar-refractivity contribution in [3.8, 4) is 5.75 Å². The van der Waals surface area contributed by atoms with Crippen LogP contribution in [0.4, 0.5) is 0 Å². The molecule has 0 saturated heterocycles. The van der Waals surface area contributed by atoms with Crippen molar-refractivity contribution in [2.24, 2.45) is 0 Å². The summed E-state index contributed by atoms with van der Waals surface area (Å²) >= 11 is 9.95. The van der Waals surface area contributed by atoms with Crippen molar-refractivity contribution in [3.05, 3.63) is 63.1 Å². The third-order valence-electron chi connectivity index (χ3n) is 3.14. The summed E-state index contributed by atoms with van der Waals surface area (Å²) in [6, 6.07) is 13.9. The van der Waals surface area contributed by atoms with E-state index in [4.69, 9.17) is 16.3 Å². The highest BCUT2D eigenvalue weighted by Crippen LogP contribution is 2.34. The first kappa shape index (κ1) is 15.4. The minimum absolute atomic E-state index is 0.0500. The van der Waals surface area contributed by atoms with Gasteiger partial charge in [0.15, 0.2) is 0 Å². The van der Waals surface area contributed by atoms with Gasteiger partial charge in [0.25, 0.3) is 0 Å². The monoisotopic (exact) mass is 353 g/mol. The fourth-order valence-electron chi connectivity index (χ4n) is 2.17. The molecule has 0 bridgehead atoms. The van der Waals surface area contributed by atoms with Gasteiger partial charge in [0, 0.05) is 9.50 Å². The zero-order valence-corrected chi connectivity index (χ0v) is 13.8. The van der Waals surface area contributed by atoms with Crippen molar-refractivity contribution in [2.75, 3.05) is 13.7 Å². The summed E-state index contributed by atoms with van der Waals surface area (Å²) in [7, 11) is 1.66. The van der Waals surface area contributed by atoms with Crippen molar-refractivity contribution in [1.29, 1.82) is 0 Å². The van der Waals surface area contributed by atoms with Gasteiger partial charge in [-0.3, -0.25) is 0 Å². The molecule has 0 spiro atoms. The molecule has 0 radical (unpaired) electrons. The molecule has 20 heavy (non-hydrogen) atoms. The van der Waals surface area contributed by atoms with Crippen LogP contribution >= 0.6 is 27.5 Å². The number of halogens is 2. The van der Waals surface area contributed by atoms with Crippen LogP contribution in [0.3, 0.4) is 0 Å². The molecule has 0 heterocycles. The predicted molar refractivity (Wildman–Crippen MR) is 87.7 cm³/mol. The Labute approximate surface area is 133 Å². The van der Waals surface area contributed by atoms with E-state index in [1.165, 1.54) is 0 Å². The molecular weight excluding hydrogens is 338 g/mol. The Morgan fingerprint density at radius 3 is 2.55 bits per heavy atom. The van der Waals surface area contributed by atoms with E-state index in [1.807, 2.05) is 36.4 Å². The predicted octanol–water partition coefficient (Wildman–Crippen LogP) is 4.81. The third-order valence-corrected chi connectivity index (χ3v) is 4.17. The highest BCUT2D eigenvalue weighted by Gasteiger charge is 2.18. The smallest absolute Gasteiger partial charge is 0.120 e. The van der Waals surface area contributed by atoms with Crippen LogP contribution in [0.25, 0.3) is 0 Å². The van der Waals surface area contributed by atoms with E-state index in [2.05, 4.69) is 34.2 Å². The Kier molecular flexibility index (Phi) is 5.46. The molecular formula is C16H17BrClNO. The third kappa shape index (κ3) is 3.35. The maximum absolute atomic E-state index is 6.34. The van der Waals surface area contributed by atoms with Gasteiger partial charge in [0.2, 0.25) is 0 Å². The van der Waals surface area contributed by atoms with Crippen LogP contribution in [0.2, 0.25) is 5.02 Å². The van der Waals surface area contributed by atoms with Crippen LogP contribution in [0.1, 0.15) is 24.1 Å². The maximum atomic E-state index is 6.34. The lowest BCUT2D eigenvalue weighted by atomic mass is 9.98.